The molecule has 0 spiro atoms. The molecule has 6 heteroatoms. The minimum Gasteiger partial charge on any atom is -0.310 e. The molecule has 2 aliphatic rings. The number of nitrogens with zero attached hydrogens (tertiary/aromatic N) is 3. The highest BCUT2D eigenvalue weighted by molar-refractivity contribution is 7.71. The predicted molar refractivity (Wildman–Crippen MR) is 86.0 cm³/mol. The van der Waals surface area contributed by atoms with Gasteiger partial charge in [0.2, 0.25) is 4.77 Å². The van der Waals surface area contributed by atoms with Gasteiger partial charge >= 0.3 is 0 Å². The lowest BCUT2D eigenvalue weighted by atomic mass is 9.96. The number of aryl methyl sites for hydroxylation is 1. The van der Waals surface area contributed by atoms with E-state index in [1.807, 2.05) is 26.9 Å². The monoisotopic (exact) mass is 321 g/mol. The Morgan fingerprint density at radius 1 is 1.48 bits per heavy atom. The van der Waals surface area contributed by atoms with E-state index in [1.54, 1.807) is 15.3 Å². The molecule has 1 N–H and O–H groups in total. The molecule has 2 atom stereocenters. The van der Waals surface area contributed by atoms with Crippen LogP contribution in [0.3, 0.4) is 0 Å². The number of rotatable bonds is 4. The minimum absolute atomic E-state index is 0.661. The van der Waals surface area contributed by atoms with Crippen molar-refractivity contribution in [2.45, 2.75) is 45.4 Å². The zero-order valence-electron chi connectivity index (χ0n) is 12.3. The smallest absolute Gasteiger partial charge is 0.202 e. The maximum Gasteiger partial charge on any atom is 0.202 e. The summed E-state index contributed by atoms with van der Waals surface area (Å²) in [6.45, 7) is 5.12. The average Bonchev–Trinajstić information content (AvgIpc) is 3.11. The van der Waals surface area contributed by atoms with E-state index in [9.17, 15) is 0 Å². The van der Waals surface area contributed by atoms with Gasteiger partial charge in [-0.2, -0.15) is 9.78 Å². The first kappa shape index (κ1) is 13.7. The van der Waals surface area contributed by atoms with Crippen molar-refractivity contribution in [1.82, 2.24) is 14.3 Å². The Bertz CT molecular complexity index is 695. The summed E-state index contributed by atoms with van der Waals surface area (Å²) in [4.78, 5) is 3.25. The summed E-state index contributed by atoms with van der Waals surface area (Å²) in [7, 11) is 0. The molecule has 0 radical (unpaired) electrons. The molecule has 4 rings (SSSR count). The topological polar surface area (TPSA) is 27.2 Å². The van der Waals surface area contributed by atoms with Crippen LogP contribution in [0.15, 0.2) is 17.8 Å². The van der Waals surface area contributed by atoms with E-state index in [4.69, 9.17) is 12.2 Å². The molecule has 0 bridgehead atoms. The van der Waals surface area contributed by atoms with Gasteiger partial charge in [-0.25, -0.2) is 0 Å². The van der Waals surface area contributed by atoms with E-state index < -0.39 is 0 Å². The van der Waals surface area contributed by atoms with Gasteiger partial charge in [0.05, 0.1) is 6.54 Å². The minimum atomic E-state index is 0.661. The third-order valence-electron chi connectivity index (χ3n) is 4.81. The number of aromatic nitrogens is 3. The maximum atomic E-state index is 5.53. The highest BCUT2D eigenvalue weighted by Crippen LogP contribution is 2.42. The Labute approximate surface area is 134 Å². The Hall–Kier alpha value is -0.980. The largest absolute Gasteiger partial charge is 0.310 e. The molecule has 112 valence electrons. The van der Waals surface area contributed by atoms with Crippen molar-refractivity contribution < 1.29 is 4.90 Å². The van der Waals surface area contributed by atoms with Gasteiger partial charge in [-0.15, -0.1) is 11.3 Å². The third-order valence-corrected chi connectivity index (χ3v) is 6.25. The van der Waals surface area contributed by atoms with Crippen molar-refractivity contribution >= 4 is 23.6 Å². The van der Waals surface area contributed by atoms with E-state index in [0.29, 0.717) is 6.04 Å². The summed E-state index contributed by atoms with van der Waals surface area (Å²) in [5, 5.41) is 6.76. The van der Waals surface area contributed by atoms with Crippen LogP contribution in [0.1, 0.15) is 36.2 Å². The van der Waals surface area contributed by atoms with Crippen molar-refractivity contribution in [3.05, 3.63) is 33.0 Å². The Balaban J connectivity index is 1.62. The summed E-state index contributed by atoms with van der Waals surface area (Å²) >= 11 is 7.46. The lowest BCUT2D eigenvalue weighted by Gasteiger charge is -2.32. The molecule has 1 unspecified atom stereocenters. The van der Waals surface area contributed by atoms with Crippen LogP contribution in [0, 0.1) is 10.7 Å². The molecule has 3 heterocycles. The van der Waals surface area contributed by atoms with Crippen LogP contribution < -0.4 is 4.90 Å². The Morgan fingerprint density at radius 3 is 3.05 bits per heavy atom. The fourth-order valence-electron chi connectivity index (χ4n) is 3.56. The molecule has 0 saturated heterocycles. The standard InChI is InChI=1S/C15H20N4S2/c1-2-17-9-16-19(15(17)20)10-18-7-5-13-12(6-8-21-13)14(18)11-3-4-11/h6,8-9,11,14H,2-5,7,10H2,1H3/p+1/t14-/m1/s1. The first-order chi connectivity index (χ1) is 10.3. The quantitative estimate of drug-likeness (QED) is 0.873. The molecule has 1 fully saturated rings. The van der Waals surface area contributed by atoms with Gasteiger partial charge in [0.1, 0.15) is 12.4 Å². The molecule has 2 aromatic heterocycles. The van der Waals surface area contributed by atoms with Crippen LogP contribution in [0.5, 0.6) is 0 Å². The number of thiophene rings is 1. The normalized spacial score (nSPS) is 25.0. The highest BCUT2D eigenvalue weighted by atomic mass is 32.1. The molecule has 21 heavy (non-hydrogen) atoms. The van der Waals surface area contributed by atoms with E-state index in [1.165, 1.54) is 25.8 Å². The van der Waals surface area contributed by atoms with E-state index in [2.05, 4.69) is 23.5 Å². The van der Waals surface area contributed by atoms with Crippen LogP contribution in [0.2, 0.25) is 0 Å². The van der Waals surface area contributed by atoms with Crippen molar-refractivity contribution in [2.75, 3.05) is 6.54 Å². The zero-order valence-corrected chi connectivity index (χ0v) is 13.9. The summed E-state index contributed by atoms with van der Waals surface area (Å²) in [6, 6.07) is 3.01. The number of quaternary nitrogens is 1. The molecular formula is C15H21N4S2+. The van der Waals surface area contributed by atoms with Crippen LogP contribution in [-0.4, -0.2) is 20.9 Å². The lowest BCUT2D eigenvalue weighted by molar-refractivity contribution is -0.958. The maximum absolute atomic E-state index is 5.53. The Kier molecular flexibility index (Phi) is 3.47. The van der Waals surface area contributed by atoms with Crippen molar-refractivity contribution in [3.8, 4) is 0 Å². The van der Waals surface area contributed by atoms with Crippen LogP contribution >= 0.6 is 23.6 Å². The van der Waals surface area contributed by atoms with Gasteiger partial charge in [-0.05, 0) is 43.4 Å². The van der Waals surface area contributed by atoms with Crippen molar-refractivity contribution in [3.63, 3.8) is 0 Å². The van der Waals surface area contributed by atoms with Crippen LogP contribution in [0.25, 0.3) is 0 Å². The molecular weight excluding hydrogens is 300 g/mol. The van der Waals surface area contributed by atoms with Crippen molar-refractivity contribution in [1.29, 1.82) is 0 Å². The third kappa shape index (κ3) is 2.39. The Morgan fingerprint density at radius 2 is 2.33 bits per heavy atom. The number of hydrogen-bond acceptors (Lipinski definition) is 3. The summed E-state index contributed by atoms with van der Waals surface area (Å²) in [5.74, 6) is 0.871. The molecule has 0 aromatic carbocycles. The average molecular weight is 321 g/mol. The number of hydrogen-bond donors (Lipinski definition) is 1. The fraction of sp³-hybridized carbons (Fsp3) is 0.600. The second-order valence-corrected chi connectivity index (χ2v) is 7.50. The molecule has 1 aliphatic carbocycles. The summed E-state index contributed by atoms with van der Waals surface area (Å²) in [5.41, 5.74) is 1.60. The first-order valence-corrected chi connectivity index (χ1v) is 9.09. The highest BCUT2D eigenvalue weighted by Gasteiger charge is 2.43. The number of fused-ring (bicyclic) bond motifs is 1. The van der Waals surface area contributed by atoms with Gasteiger partial charge in [0.25, 0.3) is 0 Å². The summed E-state index contributed by atoms with van der Waals surface area (Å²) in [6.07, 6.45) is 5.84. The first-order valence-electron chi connectivity index (χ1n) is 7.81. The molecule has 0 amide bonds. The van der Waals surface area contributed by atoms with Gasteiger partial charge < -0.3 is 9.47 Å². The van der Waals surface area contributed by atoms with Gasteiger partial charge in [0, 0.05) is 29.3 Å². The van der Waals surface area contributed by atoms with Gasteiger partial charge in [-0.3, -0.25) is 0 Å². The van der Waals surface area contributed by atoms with Crippen LogP contribution in [0.4, 0.5) is 0 Å². The van der Waals surface area contributed by atoms with Gasteiger partial charge in [-0.1, -0.05) is 0 Å². The second kappa shape index (κ2) is 5.34. The van der Waals surface area contributed by atoms with Crippen LogP contribution in [-0.2, 0) is 19.6 Å². The van der Waals surface area contributed by atoms with Gasteiger partial charge in [0.15, 0.2) is 6.67 Å². The lowest BCUT2D eigenvalue weighted by Crippen LogP contribution is -3.13. The van der Waals surface area contributed by atoms with E-state index >= 15 is 0 Å². The number of nitrogens with one attached hydrogen (secondary N) is 1. The fourth-order valence-corrected chi connectivity index (χ4v) is 4.78. The SMILES string of the molecule is CCn1cnn(C[NH+]2CCc3sccc3[C@H]2C2CC2)c1=S. The molecule has 1 aliphatic heterocycles. The summed E-state index contributed by atoms with van der Waals surface area (Å²) < 4.78 is 4.91. The van der Waals surface area contributed by atoms with Crippen molar-refractivity contribution in [2.24, 2.45) is 5.92 Å². The van der Waals surface area contributed by atoms with E-state index in [-0.39, 0.29) is 0 Å². The predicted octanol–water partition coefficient (Wildman–Crippen LogP) is 2.05. The molecule has 1 saturated carbocycles. The second-order valence-electron chi connectivity index (χ2n) is 6.13. The molecule has 4 nitrogen and oxygen atoms in total. The zero-order chi connectivity index (χ0) is 14.4. The molecule has 2 aromatic rings. The van der Waals surface area contributed by atoms with E-state index in [0.717, 1.165) is 23.9 Å².